The van der Waals surface area contributed by atoms with Crippen LogP contribution in [0.3, 0.4) is 0 Å². The molecular formula is C17H19FN2. The van der Waals surface area contributed by atoms with Crippen LogP contribution < -0.4 is 0 Å². The van der Waals surface area contributed by atoms with Gasteiger partial charge in [-0.3, -0.25) is 0 Å². The molecule has 0 aromatic heterocycles. The summed E-state index contributed by atoms with van der Waals surface area (Å²) in [6.45, 7) is 16.6. The van der Waals surface area contributed by atoms with Crippen LogP contribution in [0.15, 0.2) is 72.8 Å². The molecule has 1 saturated heterocycles. The molecule has 3 heteroatoms. The molecule has 0 spiro atoms. The van der Waals surface area contributed by atoms with E-state index in [1.807, 2.05) is 0 Å². The fraction of sp³-hybridized carbons (Fsp3) is 0.235. The first kappa shape index (κ1) is 15.7. The highest BCUT2D eigenvalue weighted by molar-refractivity contribution is 5.51. The lowest BCUT2D eigenvalue weighted by Gasteiger charge is -2.19. The summed E-state index contributed by atoms with van der Waals surface area (Å²) in [6.07, 6.45) is 6.56. The van der Waals surface area contributed by atoms with Crippen molar-refractivity contribution >= 4 is 0 Å². The Morgan fingerprint density at radius 2 is 1.65 bits per heavy atom. The van der Waals surface area contributed by atoms with Gasteiger partial charge in [-0.2, -0.15) is 5.26 Å². The fourth-order valence-electron chi connectivity index (χ4n) is 1.90. The highest BCUT2D eigenvalue weighted by Crippen LogP contribution is 2.21. The van der Waals surface area contributed by atoms with Gasteiger partial charge in [0.2, 0.25) is 0 Å². The minimum Gasteiger partial charge on any atom is -0.371 e. The molecule has 1 aliphatic heterocycles. The minimum absolute atomic E-state index is 0.463. The van der Waals surface area contributed by atoms with Gasteiger partial charge in [0, 0.05) is 18.8 Å². The van der Waals surface area contributed by atoms with E-state index >= 15 is 0 Å². The molecule has 0 bridgehead atoms. The Hall–Kier alpha value is -2.34. The van der Waals surface area contributed by atoms with E-state index in [0.29, 0.717) is 22.4 Å². The van der Waals surface area contributed by atoms with E-state index < -0.39 is 5.83 Å². The van der Waals surface area contributed by atoms with Crippen molar-refractivity contribution in [2.45, 2.75) is 12.8 Å². The van der Waals surface area contributed by atoms with Gasteiger partial charge < -0.3 is 4.90 Å². The summed E-state index contributed by atoms with van der Waals surface area (Å²) in [6, 6.07) is 2.13. The lowest BCUT2D eigenvalue weighted by Crippen LogP contribution is -2.18. The molecule has 0 aromatic rings. The molecule has 1 aliphatic rings. The summed E-state index contributed by atoms with van der Waals surface area (Å²) >= 11 is 0. The van der Waals surface area contributed by atoms with Gasteiger partial charge in [0.25, 0.3) is 0 Å². The Morgan fingerprint density at radius 3 is 2.15 bits per heavy atom. The van der Waals surface area contributed by atoms with Crippen LogP contribution in [0.4, 0.5) is 4.39 Å². The average molecular weight is 270 g/mol. The summed E-state index contributed by atoms with van der Waals surface area (Å²) < 4.78 is 12.5. The van der Waals surface area contributed by atoms with Gasteiger partial charge in [0.1, 0.15) is 11.9 Å². The van der Waals surface area contributed by atoms with Crippen molar-refractivity contribution < 1.29 is 4.39 Å². The molecule has 0 amide bonds. The van der Waals surface area contributed by atoms with Gasteiger partial charge in [-0.15, -0.1) is 0 Å². The zero-order valence-electron chi connectivity index (χ0n) is 11.7. The SMILES string of the molecule is C=C(F)/C=C\C(=C)C(=C)/C=C(/C#N)C(=C)N1CCCC1. The highest BCUT2D eigenvalue weighted by Gasteiger charge is 2.16. The molecule has 0 N–H and O–H groups in total. The number of likely N-dealkylation sites (tertiary alicyclic amines) is 1. The zero-order valence-corrected chi connectivity index (χ0v) is 11.7. The maximum absolute atomic E-state index is 12.5. The predicted octanol–water partition coefficient (Wildman–Crippen LogP) is 4.20. The molecule has 0 aromatic carbocycles. The van der Waals surface area contributed by atoms with Crippen molar-refractivity contribution in [2.75, 3.05) is 13.1 Å². The summed E-state index contributed by atoms with van der Waals surface area (Å²) in [7, 11) is 0. The standard InChI is InChI=1S/C17H19FN2/c1-13(7-8-15(3)18)14(2)11-17(12-19)16(4)20-9-5-6-10-20/h7-8,11H,1-6,9-10H2/b8-7-,17-11-. The number of hydrogen-bond acceptors (Lipinski definition) is 2. The van der Waals surface area contributed by atoms with Crippen molar-refractivity contribution in [3.05, 3.63) is 72.8 Å². The second-order valence-electron chi connectivity index (χ2n) is 4.64. The molecular weight excluding hydrogens is 251 g/mol. The molecule has 20 heavy (non-hydrogen) atoms. The third-order valence-corrected chi connectivity index (χ3v) is 3.12. The number of allylic oxidation sites excluding steroid dienone is 7. The molecule has 1 rings (SSSR count). The Labute approximate surface area is 120 Å². The topological polar surface area (TPSA) is 27.0 Å². The van der Waals surface area contributed by atoms with E-state index in [9.17, 15) is 9.65 Å². The normalized spacial score (nSPS) is 15.2. The first-order valence-electron chi connectivity index (χ1n) is 6.42. The highest BCUT2D eigenvalue weighted by atomic mass is 19.1. The van der Waals surface area contributed by atoms with Gasteiger partial charge >= 0.3 is 0 Å². The smallest absolute Gasteiger partial charge is 0.116 e. The van der Waals surface area contributed by atoms with Crippen LogP contribution in [-0.2, 0) is 0 Å². The Kier molecular flexibility index (Phi) is 5.74. The second kappa shape index (κ2) is 7.30. The third-order valence-electron chi connectivity index (χ3n) is 3.12. The van der Waals surface area contributed by atoms with Crippen molar-refractivity contribution in [1.82, 2.24) is 4.90 Å². The van der Waals surface area contributed by atoms with Crippen LogP contribution in [0, 0.1) is 11.3 Å². The minimum atomic E-state index is -0.551. The maximum atomic E-state index is 12.5. The first-order chi connectivity index (χ1) is 9.45. The number of halogens is 1. The molecule has 0 atom stereocenters. The van der Waals surface area contributed by atoms with Gasteiger partial charge in [-0.25, -0.2) is 4.39 Å². The third kappa shape index (κ3) is 4.40. The van der Waals surface area contributed by atoms with Crippen molar-refractivity contribution in [2.24, 2.45) is 0 Å². The molecule has 2 nitrogen and oxygen atoms in total. The van der Waals surface area contributed by atoms with Gasteiger partial charge in [-0.1, -0.05) is 32.4 Å². The van der Waals surface area contributed by atoms with E-state index in [1.165, 1.54) is 12.2 Å². The monoisotopic (exact) mass is 270 g/mol. The number of rotatable bonds is 6. The van der Waals surface area contributed by atoms with Crippen LogP contribution in [0.1, 0.15) is 12.8 Å². The molecule has 0 unspecified atom stereocenters. The van der Waals surface area contributed by atoms with Gasteiger partial charge in [-0.05, 0) is 36.1 Å². The molecule has 1 fully saturated rings. The van der Waals surface area contributed by atoms with Crippen LogP contribution in [0.2, 0.25) is 0 Å². The lowest BCUT2D eigenvalue weighted by molar-refractivity contribution is 0.438. The van der Waals surface area contributed by atoms with E-state index in [0.717, 1.165) is 25.9 Å². The molecule has 0 radical (unpaired) electrons. The maximum Gasteiger partial charge on any atom is 0.116 e. The quantitative estimate of drug-likeness (QED) is 0.534. The molecule has 0 saturated carbocycles. The van der Waals surface area contributed by atoms with E-state index in [2.05, 4.69) is 37.3 Å². The summed E-state index contributed by atoms with van der Waals surface area (Å²) in [5.41, 5.74) is 2.26. The fourth-order valence-corrected chi connectivity index (χ4v) is 1.90. The number of nitriles is 1. The van der Waals surface area contributed by atoms with Crippen LogP contribution in [0.25, 0.3) is 0 Å². The molecule has 0 aliphatic carbocycles. The van der Waals surface area contributed by atoms with Crippen LogP contribution in [0.5, 0.6) is 0 Å². The second-order valence-corrected chi connectivity index (χ2v) is 4.64. The molecule has 104 valence electrons. The van der Waals surface area contributed by atoms with Gasteiger partial charge in [0.05, 0.1) is 5.57 Å². The molecule has 1 heterocycles. The predicted molar refractivity (Wildman–Crippen MR) is 81.3 cm³/mol. The Morgan fingerprint density at radius 1 is 1.05 bits per heavy atom. The average Bonchev–Trinajstić information content (AvgIpc) is 2.94. The van der Waals surface area contributed by atoms with Crippen molar-refractivity contribution in [3.63, 3.8) is 0 Å². The summed E-state index contributed by atoms with van der Waals surface area (Å²) in [5.74, 6) is -0.551. The van der Waals surface area contributed by atoms with Gasteiger partial charge in [0.15, 0.2) is 0 Å². The Bertz CT molecular complexity index is 538. The van der Waals surface area contributed by atoms with Crippen molar-refractivity contribution in [3.8, 4) is 6.07 Å². The van der Waals surface area contributed by atoms with Crippen LogP contribution in [-0.4, -0.2) is 18.0 Å². The largest absolute Gasteiger partial charge is 0.371 e. The lowest BCUT2D eigenvalue weighted by atomic mass is 10.0. The number of nitrogens with zero attached hydrogens (tertiary/aromatic N) is 2. The Balaban J connectivity index is 2.81. The van der Waals surface area contributed by atoms with E-state index in [1.54, 1.807) is 6.08 Å². The summed E-state index contributed by atoms with van der Waals surface area (Å²) in [4.78, 5) is 2.09. The zero-order chi connectivity index (χ0) is 15.1. The van der Waals surface area contributed by atoms with E-state index in [-0.39, 0.29) is 0 Å². The van der Waals surface area contributed by atoms with E-state index in [4.69, 9.17) is 0 Å². The van der Waals surface area contributed by atoms with Crippen LogP contribution >= 0.6 is 0 Å². The first-order valence-corrected chi connectivity index (χ1v) is 6.42. The summed E-state index contributed by atoms with van der Waals surface area (Å²) in [5, 5.41) is 9.24. The number of hydrogen-bond donors (Lipinski definition) is 0. The van der Waals surface area contributed by atoms with Crippen molar-refractivity contribution in [1.29, 1.82) is 5.26 Å².